The van der Waals surface area contributed by atoms with Gasteiger partial charge < -0.3 is 15.2 Å². The fourth-order valence-corrected chi connectivity index (χ4v) is 1.49. The topological polar surface area (TPSA) is 44.5 Å². The van der Waals surface area contributed by atoms with Crippen molar-refractivity contribution in [3.05, 3.63) is 29.3 Å². The van der Waals surface area contributed by atoms with Gasteiger partial charge in [0.25, 0.3) is 0 Å². The van der Waals surface area contributed by atoms with Gasteiger partial charge in [-0.2, -0.15) is 0 Å². The zero-order chi connectivity index (χ0) is 9.97. The molecule has 2 N–H and O–H groups in total. The van der Waals surface area contributed by atoms with Crippen molar-refractivity contribution in [2.24, 2.45) is 5.73 Å². The summed E-state index contributed by atoms with van der Waals surface area (Å²) in [6.07, 6.45) is -0.0452. The molecule has 1 aliphatic rings. The molecule has 4 heteroatoms. The van der Waals surface area contributed by atoms with E-state index in [9.17, 15) is 0 Å². The number of ether oxygens (including phenoxy) is 2. The average Bonchev–Trinajstić information content (AvgIpc) is 2.56. The summed E-state index contributed by atoms with van der Waals surface area (Å²) in [5, 5.41) is 0.698. The van der Waals surface area contributed by atoms with Crippen LogP contribution in [-0.4, -0.2) is 25.4 Å². The van der Waals surface area contributed by atoms with E-state index in [0.717, 1.165) is 5.75 Å². The quantitative estimate of drug-likeness (QED) is 0.809. The third-order valence-corrected chi connectivity index (χ3v) is 2.42. The number of hydrogen-bond acceptors (Lipinski definition) is 3. The fraction of sp³-hybridized carbons (Fsp3) is 0.400. The third-order valence-electron chi connectivity index (χ3n) is 2.17. The van der Waals surface area contributed by atoms with Crippen LogP contribution >= 0.6 is 11.6 Å². The largest absolute Gasteiger partial charge is 0.486 e. The summed E-state index contributed by atoms with van der Waals surface area (Å²) in [4.78, 5) is 0. The second-order valence-electron chi connectivity index (χ2n) is 3.31. The first-order valence-corrected chi connectivity index (χ1v) is 4.89. The standard InChI is InChI=1S/C10H12ClNO2/c11-7-1-3-8(4-2-7)14-10-6-13-5-9(10)12/h1-4,9-10H,5-6,12H2/t9-,10-/m0/s1. The number of nitrogens with two attached hydrogens (primary N) is 1. The Balaban J connectivity index is 2.00. The van der Waals surface area contributed by atoms with Crippen LogP contribution in [0.15, 0.2) is 24.3 Å². The molecule has 0 bridgehead atoms. The molecule has 0 unspecified atom stereocenters. The smallest absolute Gasteiger partial charge is 0.139 e. The van der Waals surface area contributed by atoms with Crippen molar-refractivity contribution >= 4 is 11.6 Å². The van der Waals surface area contributed by atoms with E-state index < -0.39 is 0 Å². The van der Waals surface area contributed by atoms with Crippen molar-refractivity contribution in [2.75, 3.05) is 13.2 Å². The van der Waals surface area contributed by atoms with Crippen molar-refractivity contribution < 1.29 is 9.47 Å². The van der Waals surface area contributed by atoms with Crippen molar-refractivity contribution in [3.8, 4) is 5.75 Å². The Morgan fingerprint density at radius 3 is 2.57 bits per heavy atom. The first-order chi connectivity index (χ1) is 6.75. The van der Waals surface area contributed by atoms with Crippen molar-refractivity contribution in [1.29, 1.82) is 0 Å². The lowest BCUT2D eigenvalue weighted by Gasteiger charge is -2.15. The molecule has 1 fully saturated rings. The predicted molar refractivity (Wildman–Crippen MR) is 54.7 cm³/mol. The van der Waals surface area contributed by atoms with Gasteiger partial charge in [-0.1, -0.05) is 11.6 Å². The Kier molecular flexibility index (Phi) is 2.91. The molecule has 1 aliphatic heterocycles. The molecule has 0 aliphatic carbocycles. The summed E-state index contributed by atoms with van der Waals surface area (Å²) in [7, 11) is 0. The lowest BCUT2D eigenvalue weighted by atomic mass is 10.2. The average molecular weight is 214 g/mol. The van der Waals surface area contributed by atoms with E-state index in [2.05, 4.69) is 0 Å². The van der Waals surface area contributed by atoms with Crippen LogP contribution in [0.3, 0.4) is 0 Å². The molecule has 1 aromatic rings. The number of hydrogen-bond donors (Lipinski definition) is 1. The highest BCUT2D eigenvalue weighted by molar-refractivity contribution is 6.30. The molecule has 76 valence electrons. The molecular weight excluding hydrogens is 202 g/mol. The summed E-state index contributed by atoms with van der Waals surface area (Å²) in [6.45, 7) is 1.13. The summed E-state index contributed by atoms with van der Waals surface area (Å²) in [6, 6.07) is 7.20. The van der Waals surface area contributed by atoms with Gasteiger partial charge in [0.1, 0.15) is 11.9 Å². The van der Waals surface area contributed by atoms with Gasteiger partial charge in [0.05, 0.1) is 19.3 Å². The zero-order valence-electron chi connectivity index (χ0n) is 7.65. The van der Waals surface area contributed by atoms with Gasteiger partial charge in [0.2, 0.25) is 0 Å². The molecule has 3 nitrogen and oxygen atoms in total. The van der Waals surface area contributed by atoms with E-state index in [4.69, 9.17) is 26.8 Å². The van der Waals surface area contributed by atoms with Crippen LogP contribution in [0, 0.1) is 0 Å². The summed E-state index contributed by atoms with van der Waals surface area (Å²) in [5.74, 6) is 0.778. The summed E-state index contributed by atoms with van der Waals surface area (Å²) in [5.41, 5.74) is 5.78. The van der Waals surface area contributed by atoms with Crippen molar-refractivity contribution in [3.63, 3.8) is 0 Å². The Hall–Kier alpha value is -0.770. The van der Waals surface area contributed by atoms with Crippen LogP contribution in [0.1, 0.15) is 0 Å². The van der Waals surface area contributed by atoms with Crippen molar-refractivity contribution in [1.82, 2.24) is 0 Å². The Labute approximate surface area is 87.8 Å². The van der Waals surface area contributed by atoms with E-state index in [0.29, 0.717) is 18.2 Å². The fourth-order valence-electron chi connectivity index (χ4n) is 1.36. The van der Waals surface area contributed by atoms with Gasteiger partial charge in [-0.25, -0.2) is 0 Å². The van der Waals surface area contributed by atoms with Gasteiger partial charge in [-0.05, 0) is 24.3 Å². The molecule has 2 rings (SSSR count). The summed E-state index contributed by atoms with van der Waals surface area (Å²) < 4.78 is 10.8. The maximum absolute atomic E-state index is 5.78. The van der Waals surface area contributed by atoms with Gasteiger partial charge >= 0.3 is 0 Å². The molecule has 0 aromatic heterocycles. The SMILES string of the molecule is N[C@H]1COC[C@@H]1Oc1ccc(Cl)cc1. The van der Waals surface area contributed by atoms with Crippen LogP contribution < -0.4 is 10.5 Å². The van der Waals surface area contributed by atoms with Crippen LogP contribution in [0.5, 0.6) is 5.75 Å². The number of benzene rings is 1. The second kappa shape index (κ2) is 4.17. The van der Waals surface area contributed by atoms with Gasteiger partial charge in [-0.15, -0.1) is 0 Å². The third kappa shape index (κ3) is 2.18. The van der Waals surface area contributed by atoms with Crippen LogP contribution in [0.2, 0.25) is 5.02 Å². The lowest BCUT2D eigenvalue weighted by Crippen LogP contribution is -2.37. The summed E-state index contributed by atoms with van der Waals surface area (Å²) >= 11 is 5.75. The minimum absolute atomic E-state index is 0.0364. The first kappa shape index (κ1) is 9.77. The number of rotatable bonds is 2. The monoisotopic (exact) mass is 213 g/mol. The van der Waals surface area contributed by atoms with Crippen LogP contribution in [0.25, 0.3) is 0 Å². The molecule has 2 atom stereocenters. The molecule has 1 saturated heterocycles. The van der Waals surface area contributed by atoms with E-state index in [-0.39, 0.29) is 12.1 Å². The highest BCUT2D eigenvalue weighted by Gasteiger charge is 2.26. The number of halogens is 1. The van der Waals surface area contributed by atoms with E-state index in [1.807, 2.05) is 12.1 Å². The van der Waals surface area contributed by atoms with E-state index >= 15 is 0 Å². The first-order valence-electron chi connectivity index (χ1n) is 4.51. The van der Waals surface area contributed by atoms with Gasteiger partial charge in [0.15, 0.2) is 0 Å². The van der Waals surface area contributed by atoms with E-state index in [1.54, 1.807) is 12.1 Å². The Bertz CT molecular complexity index is 301. The molecular formula is C10H12ClNO2. The maximum atomic E-state index is 5.78. The normalized spacial score (nSPS) is 26.4. The maximum Gasteiger partial charge on any atom is 0.139 e. The second-order valence-corrected chi connectivity index (χ2v) is 3.75. The van der Waals surface area contributed by atoms with Gasteiger partial charge in [0, 0.05) is 5.02 Å². The Morgan fingerprint density at radius 2 is 2.00 bits per heavy atom. The lowest BCUT2D eigenvalue weighted by molar-refractivity contribution is 0.140. The predicted octanol–water partition coefficient (Wildman–Crippen LogP) is 1.44. The minimum Gasteiger partial charge on any atom is -0.486 e. The van der Waals surface area contributed by atoms with E-state index in [1.165, 1.54) is 0 Å². The molecule has 0 saturated carbocycles. The highest BCUT2D eigenvalue weighted by Crippen LogP contribution is 2.19. The zero-order valence-corrected chi connectivity index (χ0v) is 8.41. The van der Waals surface area contributed by atoms with Crippen molar-refractivity contribution in [2.45, 2.75) is 12.1 Å². The molecule has 14 heavy (non-hydrogen) atoms. The molecule has 1 aromatic carbocycles. The van der Waals surface area contributed by atoms with Crippen LogP contribution in [0.4, 0.5) is 0 Å². The minimum atomic E-state index is -0.0452. The Morgan fingerprint density at radius 1 is 1.29 bits per heavy atom. The molecule has 0 amide bonds. The van der Waals surface area contributed by atoms with Gasteiger partial charge in [-0.3, -0.25) is 0 Å². The van der Waals surface area contributed by atoms with Crippen LogP contribution in [-0.2, 0) is 4.74 Å². The molecule has 0 spiro atoms. The molecule has 0 radical (unpaired) electrons. The molecule has 1 heterocycles. The highest BCUT2D eigenvalue weighted by atomic mass is 35.5.